The average molecular weight is 415 g/mol. The molecule has 156 valence electrons. The zero-order valence-corrected chi connectivity index (χ0v) is 18.3. The van der Waals surface area contributed by atoms with Gasteiger partial charge in [0, 0.05) is 19.6 Å². The minimum atomic E-state index is -0.236. The zero-order valence-electron chi connectivity index (χ0n) is 17.5. The number of rotatable bonds is 8. The Kier molecular flexibility index (Phi) is 7.36. The Morgan fingerprint density at radius 3 is 2.76 bits per heavy atom. The number of ether oxygens (including phenoxy) is 1. The van der Waals surface area contributed by atoms with E-state index in [0.717, 1.165) is 24.2 Å². The maximum absolute atomic E-state index is 13.0. The highest BCUT2D eigenvalue weighted by atomic mass is 32.2. The molecule has 29 heavy (non-hydrogen) atoms. The summed E-state index contributed by atoms with van der Waals surface area (Å²) < 4.78 is 7.47. The monoisotopic (exact) mass is 414 g/mol. The van der Waals surface area contributed by atoms with E-state index in [9.17, 15) is 4.79 Å². The summed E-state index contributed by atoms with van der Waals surface area (Å²) in [5, 5.41) is 9.26. The molecule has 2 aromatic rings. The van der Waals surface area contributed by atoms with E-state index in [2.05, 4.69) is 16.8 Å². The Labute approximate surface area is 177 Å². The van der Waals surface area contributed by atoms with E-state index in [1.165, 1.54) is 31.0 Å². The van der Waals surface area contributed by atoms with Crippen LogP contribution in [-0.4, -0.2) is 51.0 Å². The van der Waals surface area contributed by atoms with Gasteiger partial charge in [0.15, 0.2) is 11.0 Å². The van der Waals surface area contributed by atoms with Crippen LogP contribution in [0.4, 0.5) is 0 Å². The van der Waals surface area contributed by atoms with Gasteiger partial charge in [0.2, 0.25) is 5.91 Å². The first-order chi connectivity index (χ1) is 14.1. The lowest BCUT2D eigenvalue weighted by Gasteiger charge is -2.32. The van der Waals surface area contributed by atoms with E-state index >= 15 is 0 Å². The van der Waals surface area contributed by atoms with Gasteiger partial charge in [-0.2, -0.15) is 0 Å². The first-order valence-corrected chi connectivity index (χ1v) is 11.1. The molecule has 1 aliphatic rings. The topological polar surface area (TPSA) is 60.2 Å². The SMILES string of the molecule is C=CCn1c(SC(C)C(=O)N(C)C2CCCCC2)nnc1-c1ccccc1OC. The number of amides is 1. The molecular weight excluding hydrogens is 384 g/mol. The molecule has 0 bridgehead atoms. The number of nitrogens with zero attached hydrogens (tertiary/aromatic N) is 4. The Morgan fingerprint density at radius 1 is 1.34 bits per heavy atom. The number of allylic oxidation sites excluding steroid dienone is 1. The predicted octanol–water partition coefficient (Wildman–Crippen LogP) is 4.41. The van der Waals surface area contributed by atoms with Crippen molar-refractivity contribution in [3.05, 3.63) is 36.9 Å². The average Bonchev–Trinajstić information content (AvgIpc) is 3.15. The third-order valence-corrected chi connectivity index (χ3v) is 6.54. The summed E-state index contributed by atoms with van der Waals surface area (Å²) in [6.45, 7) is 6.37. The molecule has 6 nitrogen and oxygen atoms in total. The fourth-order valence-electron chi connectivity index (χ4n) is 3.84. The minimum absolute atomic E-state index is 0.147. The van der Waals surface area contributed by atoms with Crippen molar-refractivity contribution < 1.29 is 9.53 Å². The molecule has 1 unspecified atom stereocenters. The molecule has 3 rings (SSSR count). The molecule has 0 aliphatic heterocycles. The zero-order chi connectivity index (χ0) is 20.8. The van der Waals surface area contributed by atoms with E-state index in [1.54, 1.807) is 7.11 Å². The summed E-state index contributed by atoms with van der Waals surface area (Å²) >= 11 is 1.45. The lowest BCUT2D eigenvalue weighted by molar-refractivity contribution is -0.131. The second-order valence-electron chi connectivity index (χ2n) is 7.41. The van der Waals surface area contributed by atoms with Gasteiger partial charge >= 0.3 is 0 Å². The van der Waals surface area contributed by atoms with Gasteiger partial charge in [-0.15, -0.1) is 16.8 Å². The number of carbonyl (C=O) groups excluding carboxylic acids is 1. The molecule has 0 N–H and O–H groups in total. The van der Waals surface area contributed by atoms with Crippen LogP contribution in [0.25, 0.3) is 11.4 Å². The molecule has 0 spiro atoms. The van der Waals surface area contributed by atoms with Crippen molar-refractivity contribution in [1.29, 1.82) is 0 Å². The number of thioether (sulfide) groups is 1. The second kappa shape index (κ2) is 9.96. The largest absolute Gasteiger partial charge is 0.496 e. The van der Waals surface area contributed by atoms with Crippen molar-refractivity contribution in [3.63, 3.8) is 0 Å². The Balaban J connectivity index is 1.80. The van der Waals surface area contributed by atoms with E-state index in [-0.39, 0.29) is 11.2 Å². The van der Waals surface area contributed by atoms with Gasteiger partial charge in [0.25, 0.3) is 0 Å². The maximum atomic E-state index is 13.0. The molecule has 1 amide bonds. The van der Waals surface area contributed by atoms with Gasteiger partial charge in [-0.3, -0.25) is 9.36 Å². The molecule has 1 atom stereocenters. The van der Waals surface area contributed by atoms with Crippen molar-refractivity contribution in [3.8, 4) is 17.1 Å². The molecule has 1 aromatic carbocycles. The fourth-order valence-corrected chi connectivity index (χ4v) is 4.80. The molecule has 1 aromatic heterocycles. The van der Waals surface area contributed by atoms with Crippen LogP contribution in [0.15, 0.2) is 42.1 Å². The highest BCUT2D eigenvalue weighted by Gasteiger charge is 2.28. The van der Waals surface area contributed by atoms with Crippen molar-refractivity contribution in [1.82, 2.24) is 19.7 Å². The highest BCUT2D eigenvalue weighted by Crippen LogP contribution is 2.33. The van der Waals surface area contributed by atoms with Crippen molar-refractivity contribution in [2.24, 2.45) is 0 Å². The van der Waals surface area contributed by atoms with E-state index in [0.29, 0.717) is 23.6 Å². The molecule has 1 saturated carbocycles. The normalized spacial score (nSPS) is 15.7. The standard InChI is InChI=1S/C22H30N4O2S/c1-5-15-26-20(18-13-9-10-14-19(18)28-4)23-24-22(26)29-16(2)21(27)25(3)17-11-7-6-8-12-17/h5,9-10,13-14,16-17H,1,6-8,11-12,15H2,2-4H3. The highest BCUT2D eigenvalue weighted by molar-refractivity contribution is 8.00. The molecule has 1 fully saturated rings. The van der Waals surface area contributed by atoms with Crippen LogP contribution in [0.5, 0.6) is 5.75 Å². The third-order valence-electron chi connectivity index (χ3n) is 5.48. The third kappa shape index (κ3) is 4.83. The summed E-state index contributed by atoms with van der Waals surface area (Å²) in [7, 11) is 3.58. The van der Waals surface area contributed by atoms with Crippen LogP contribution in [0.2, 0.25) is 0 Å². The smallest absolute Gasteiger partial charge is 0.235 e. The van der Waals surface area contributed by atoms with E-state index < -0.39 is 0 Å². The quantitative estimate of drug-likeness (QED) is 0.473. The van der Waals surface area contributed by atoms with Crippen LogP contribution >= 0.6 is 11.8 Å². The fraction of sp³-hybridized carbons (Fsp3) is 0.500. The number of para-hydroxylation sites is 1. The Bertz CT molecular complexity index is 845. The number of methoxy groups -OCH3 is 1. The van der Waals surface area contributed by atoms with Gasteiger partial charge in [-0.1, -0.05) is 49.2 Å². The van der Waals surface area contributed by atoms with Crippen molar-refractivity contribution >= 4 is 17.7 Å². The van der Waals surface area contributed by atoms with Crippen LogP contribution < -0.4 is 4.74 Å². The number of hydrogen-bond acceptors (Lipinski definition) is 5. The number of carbonyl (C=O) groups is 1. The van der Waals surface area contributed by atoms with Crippen molar-refractivity contribution in [2.45, 2.75) is 62.0 Å². The van der Waals surface area contributed by atoms with Gasteiger partial charge in [-0.05, 0) is 31.9 Å². The van der Waals surface area contributed by atoms with E-state index in [1.807, 2.05) is 53.8 Å². The predicted molar refractivity (Wildman–Crippen MR) is 117 cm³/mol. The molecule has 7 heteroatoms. The van der Waals surface area contributed by atoms with Crippen molar-refractivity contribution in [2.75, 3.05) is 14.2 Å². The lowest BCUT2D eigenvalue weighted by atomic mass is 9.94. The molecule has 1 aliphatic carbocycles. The summed E-state index contributed by atoms with van der Waals surface area (Å²) in [5.74, 6) is 1.60. The van der Waals surface area contributed by atoms with Crippen LogP contribution in [0.1, 0.15) is 39.0 Å². The lowest BCUT2D eigenvalue weighted by Crippen LogP contribution is -2.42. The summed E-state index contributed by atoms with van der Waals surface area (Å²) in [6.07, 6.45) is 7.71. The number of benzene rings is 1. The molecular formula is C22H30N4O2S. The first-order valence-electron chi connectivity index (χ1n) is 10.2. The van der Waals surface area contributed by atoms with Crippen LogP contribution in [0, 0.1) is 0 Å². The summed E-state index contributed by atoms with van der Waals surface area (Å²) in [6, 6.07) is 8.09. The molecule has 0 radical (unpaired) electrons. The van der Waals surface area contributed by atoms with Gasteiger partial charge in [0.05, 0.1) is 17.9 Å². The Morgan fingerprint density at radius 2 is 2.07 bits per heavy atom. The van der Waals surface area contributed by atoms with Crippen LogP contribution in [-0.2, 0) is 11.3 Å². The van der Waals surface area contributed by atoms with Gasteiger partial charge < -0.3 is 9.64 Å². The van der Waals surface area contributed by atoms with Crippen LogP contribution in [0.3, 0.4) is 0 Å². The number of hydrogen-bond donors (Lipinski definition) is 0. The number of aromatic nitrogens is 3. The van der Waals surface area contributed by atoms with Gasteiger partial charge in [0.1, 0.15) is 5.75 Å². The summed E-state index contributed by atoms with van der Waals surface area (Å²) in [5.41, 5.74) is 0.870. The molecule has 0 saturated heterocycles. The summed E-state index contributed by atoms with van der Waals surface area (Å²) in [4.78, 5) is 14.9. The minimum Gasteiger partial charge on any atom is -0.496 e. The maximum Gasteiger partial charge on any atom is 0.235 e. The van der Waals surface area contributed by atoms with E-state index in [4.69, 9.17) is 4.74 Å². The second-order valence-corrected chi connectivity index (χ2v) is 8.71. The first kappa shape index (κ1) is 21.4. The Hall–Kier alpha value is -2.28. The van der Waals surface area contributed by atoms with Gasteiger partial charge in [-0.25, -0.2) is 0 Å². The molecule has 1 heterocycles.